The van der Waals surface area contributed by atoms with Crippen LogP contribution in [-0.4, -0.2) is 4.98 Å². The van der Waals surface area contributed by atoms with Crippen molar-refractivity contribution < 1.29 is 8.78 Å². The highest BCUT2D eigenvalue weighted by molar-refractivity contribution is 14.1. The van der Waals surface area contributed by atoms with Gasteiger partial charge in [0, 0.05) is 17.8 Å². The van der Waals surface area contributed by atoms with E-state index in [1.165, 1.54) is 6.07 Å². The first-order valence-corrected chi connectivity index (χ1v) is 4.57. The third-order valence-electron chi connectivity index (χ3n) is 1.57. The molecule has 0 saturated carbocycles. The minimum atomic E-state index is -2.63. The number of aromatic nitrogens is 1. The third-order valence-corrected chi connectivity index (χ3v) is 2.12. The van der Waals surface area contributed by atoms with E-state index in [0.29, 0.717) is 3.70 Å². The van der Waals surface area contributed by atoms with Crippen LogP contribution in [0.15, 0.2) is 6.07 Å². The van der Waals surface area contributed by atoms with Crippen molar-refractivity contribution in [3.05, 3.63) is 21.0 Å². The molecular weight excluding hydrogens is 291 g/mol. The molecule has 6 heteroatoms. The molecule has 0 unspecified atom stereocenters. The molecule has 0 fully saturated rings. The van der Waals surface area contributed by atoms with E-state index >= 15 is 0 Å². The van der Waals surface area contributed by atoms with Gasteiger partial charge in [0.25, 0.3) is 6.43 Å². The highest BCUT2D eigenvalue weighted by atomic mass is 127. The number of hydrogen-bond donors (Lipinski definition) is 2. The molecule has 0 bridgehead atoms. The second kappa shape index (κ2) is 4.14. The van der Waals surface area contributed by atoms with Crippen molar-refractivity contribution in [3.8, 4) is 0 Å². The average molecular weight is 299 g/mol. The number of nitrogens with two attached hydrogens (primary N) is 2. The quantitative estimate of drug-likeness (QED) is 0.645. The summed E-state index contributed by atoms with van der Waals surface area (Å²) in [6, 6.07) is 1.52. The van der Waals surface area contributed by atoms with Crippen molar-refractivity contribution >= 4 is 28.3 Å². The fourth-order valence-corrected chi connectivity index (χ4v) is 1.58. The van der Waals surface area contributed by atoms with Crippen LogP contribution in [0.3, 0.4) is 0 Å². The van der Waals surface area contributed by atoms with Gasteiger partial charge in [-0.3, -0.25) is 0 Å². The van der Waals surface area contributed by atoms with Gasteiger partial charge in [-0.2, -0.15) is 0 Å². The van der Waals surface area contributed by atoms with E-state index in [0.717, 1.165) is 0 Å². The molecule has 1 aromatic heterocycles. The second-order valence-corrected chi connectivity index (χ2v) is 3.51. The maximum Gasteiger partial charge on any atom is 0.280 e. The maximum atomic E-state index is 12.4. The van der Waals surface area contributed by atoms with Crippen LogP contribution in [0, 0.1) is 3.70 Å². The van der Waals surface area contributed by atoms with Gasteiger partial charge < -0.3 is 11.5 Å². The number of nitrogens with zero attached hydrogens (tertiary/aromatic N) is 1. The molecule has 0 spiro atoms. The van der Waals surface area contributed by atoms with E-state index in [1.54, 1.807) is 0 Å². The molecule has 0 aliphatic carbocycles. The maximum absolute atomic E-state index is 12.4. The fourth-order valence-electron chi connectivity index (χ4n) is 0.981. The minimum Gasteiger partial charge on any atom is -0.398 e. The van der Waals surface area contributed by atoms with Crippen LogP contribution in [0.2, 0.25) is 0 Å². The molecule has 1 heterocycles. The van der Waals surface area contributed by atoms with Crippen molar-refractivity contribution in [2.45, 2.75) is 13.0 Å². The lowest BCUT2D eigenvalue weighted by Gasteiger charge is -2.09. The molecular formula is C7H8F2IN3. The van der Waals surface area contributed by atoms with Gasteiger partial charge in [-0.05, 0) is 28.7 Å². The zero-order valence-electron chi connectivity index (χ0n) is 6.60. The van der Waals surface area contributed by atoms with Gasteiger partial charge in [0.1, 0.15) is 9.39 Å². The van der Waals surface area contributed by atoms with Crippen LogP contribution >= 0.6 is 22.6 Å². The van der Waals surface area contributed by atoms with E-state index in [4.69, 9.17) is 11.5 Å². The lowest BCUT2D eigenvalue weighted by molar-refractivity contribution is 0.144. The molecule has 1 aromatic rings. The Labute approximate surface area is 87.7 Å². The van der Waals surface area contributed by atoms with Gasteiger partial charge in [0.2, 0.25) is 0 Å². The Morgan fingerprint density at radius 1 is 1.54 bits per heavy atom. The number of pyridine rings is 1. The van der Waals surface area contributed by atoms with E-state index in [-0.39, 0.29) is 23.5 Å². The highest BCUT2D eigenvalue weighted by Crippen LogP contribution is 2.25. The van der Waals surface area contributed by atoms with Crippen molar-refractivity contribution in [1.82, 2.24) is 4.98 Å². The molecule has 4 N–H and O–H groups in total. The Bertz CT molecular complexity index is 317. The van der Waals surface area contributed by atoms with Gasteiger partial charge in [-0.15, -0.1) is 0 Å². The van der Waals surface area contributed by atoms with Crippen LogP contribution in [-0.2, 0) is 6.54 Å². The van der Waals surface area contributed by atoms with Gasteiger partial charge in [-0.25, -0.2) is 13.8 Å². The van der Waals surface area contributed by atoms with E-state index < -0.39 is 6.43 Å². The molecule has 3 nitrogen and oxygen atoms in total. The normalized spacial score (nSPS) is 10.8. The first-order chi connectivity index (χ1) is 6.06. The van der Waals surface area contributed by atoms with E-state index in [9.17, 15) is 8.78 Å². The van der Waals surface area contributed by atoms with Crippen molar-refractivity contribution in [2.75, 3.05) is 5.73 Å². The fraction of sp³-hybridized carbons (Fsp3) is 0.286. The molecule has 1 rings (SSSR count). The lowest BCUT2D eigenvalue weighted by atomic mass is 10.1. The van der Waals surface area contributed by atoms with Gasteiger partial charge >= 0.3 is 0 Å². The lowest BCUT2D eigenvalue weighted by Crippen LogP contribution is -2.09. The summed E-state index contributed by atoms with van der Waals surface area (Å²) in [6.45, 7) is -0.0184. The van der Waals surface area contributed by atoms with Crippen molar-refractivity contribution in [2.24, 2.45) is 5.73 Å². The van der Waals surface area contributed by atoms with Gasteiger partial charge in [0.15, 0.2) is 0 Å². The number of hydrogen-bond acceptors (Lipinski definition) is 3. The summed E-state index contributed by atoms with van der Waals surface area (Å²) in [4.78, 5) is 3.68. The number of halogens is 3. The average Bonchev–Trinajstić information content (AvgIpc) is 2.02. The zero-order chi connectivity index (χ0) is 10.0. The topological polar surface area (TPSA) is 64.9 Å². The molecule has 0 radical (unpaired) electrons. The summed E-state index contributed by atoms with van der Waals surface area (Å²) < 4.78 is 25.2. The Hall–Kier alpha value is -0.500. The first kappa shape index (κ1) is 10.6. The second-order valence-electron chi connectivity index (χ2n) is 2.40. The molecule has 0 aliphatic heterocycles. The van der Waals surface area contributed by atoms with Crippen molar-refractivity contribution in [3.63, 3.8) is 0 Å². The number of rotatable bonds is 2. The molecule has 0 amide bonds. The van der Waals surface area contributed by atoms with Crippen LogP contribution in [0.5, 0.6) is 0 Å². The SMILES string of the molecule is NCc1c(N)cc(I)nc1C(F)F. The smallest absolute Gasteiger partial charge is 0.280 e. The van der Waals surface area contributed by atoms with Crippen LogP contribution in [0.1, 0.15) is 17.7 Å². The number of alkyl halides is 2. The van der Waals surface area contributed by atoms with Crippen LogP contribution in [0.4, 0.5) is 14.5 Å². The van der Waals surface area contributed by atoms with Gasteiger partial charge in [-0.1, -0.05) is 0 Å². The molecule has 0 aromatic carbocycles. The van der Waals surface area contributed by atoms with Crippen molar-refractivity contribution in [1.29, 1.82) is 0 Å². The first-order valence-electron chi connectivity index (χ1n) is 3.49. The summed E-state index contributed by atoms with van der Waals surface area (Å²) in [5.41, 5.74) is 11.0. The summed E-state index contributed by atoms with van der Waals surface area (Å²) in [7, 11) is 0. The molecule has 0 saturated heterocycles. The Kier molecular flexibility index (Phi) is 3.37. The monoisotopic (exact) mass is 299 g/mol. The van der Waals surface area contributed by atoms with Gasteiger partial charge in [0.05, 0.1) is 0 Å². The summed E-state index contributed by atoms with van der Waals surface area (Å²) in [6.07, 6.45) is -2.63. The number of nitrogen functional groups attached to an aromatic ring is 1. The Morgan fingerprint density at radius 3 is 2.62 bits per heavy atom. The predicted octanol–water partition coefficient (Wildman–Crippen LogP) is 1.66. The van der Waals surface area contributed by atoms with Crippen LogP contribution < -0.4 is 11.5 Å². The Morgan fingerprint density at radius 2 is 2.15 bits per heavy atom. The summed E-state index contributed by atoms with van der Waals surface area (Å²) in [5, 5.41) is 0. The van der Waals surface area contributed by atoms with E-state index in [2.05, 4.69) is 4.98 Å². The molecule has 0 atom stereocenters. The van der Waals surface area contributed by atoms with E-state index in [1.807, 2.05) is 22.6 Å². The highest BCUT2D eigenvalue weighted by Gasteiger charge is 2.16. The summed E-state index contributed by atoms with van der Waals surface area (Å²) >= 11 is 1.83. The summed E-state index contributed by atoms with van der Waals surface area (Å²) in [5.74, 6) is 0. The molecule has 72 valence electrons. The third kappa shape index (κ3) is 2.25. The van der Waals surface area contributed by atoms with Crippen LogP contribution in [0.25, 0.3) is 0 Å². The zero-order valence-corrected chi connectivity index (χ0v) is 8.76. The molecule has 0 aliphatic rings. The largest absolute Gasteiger partial charge is 0.398 e. The number of anilines is 1. The predicted molar refractivity (Wildman–Crippen MR) is 54.2 cm³/mol. The standard InChI is InChI=1S/C7H8F2IN3/c8-7(9)6-3(2-11)4(12)1-5(10)13-6/h1,7H,2,11H2,(H2,12,13). The Balaban J connectivity index is 3.29. The minimum absolute atomic E-state index is 0.0184. The molecule has 13 heavy (non-hydrogen) atoms.